The molecule has 0 bridgehead atoms. The fourth-order valence-electron chi connectivity index (χ4n) is 1.81. The number of hydrogen-bond donors (Lipinski definition) is 0. The molecule has 0 aliphatic carbocycles. The van der Waals surface area contributed by atoms with E-state index in [-0.39, 0.29) is 6.10 Å². The molecule has 1 heterocycles. The number of unbranched alkanes of at least 4 members (excludes halogenated alkanes) is 2. The lowest BCUT2D eigenvalue weighted by Gasteiger charge is -2.17. The van der Waals surface area contributed by atoms with Gasteiger partial charge in [-0.05, 0) is 25.0 Å². The van der Waals surface area contributed by atoms with Crippen molar-refractivity contribution in [3.63, 3.8) is 0 Å². The van der Waals surface area contributed by atoms with Crippen molar-refractivity contribution >= 4 is 11.8 Å². The van der Waals surface area contributed by atoms with Crippen molar-refractivity contribution in [1.82, 2.24) is 4.98 Å². The first kappa shape index (κ1) is 18.5. The summed E-state index contributed by atoms with van der Waals surface area (Å²) >= 11 is 1.88. The second-order valence-electron chi connectivity index (χ2n) is 5.01. The Hall–Kier alpha value is -0.580. The highest BCUT2D eigenvalue weighted by molar-refractivity contribution is 7.99. The van der Waals surface area contributed by atoms with E-state index in [4.69, 9.17) is 9.47 Å². The molecule has 1 atom stereocenters. The van der Waals surface area contributed by atoms with Crippen LogP contribution in [0.3, 0.4) is 0 Å². The lowest BCUT2D eigenvalue weighted by atomic mass is 10.2. The molecule has 0 aromatic carbocycles. The van der Waals surface area contributed by atoms with Crippen molar-refractivity contribution in [2.45, 2.75) is 45.6 Å². The standard InChI is InChI=1S/C17H29NO2S/c1-3-5-11-19-13-14-21-15-17(20-12-6-4-2)16-9-7-8-10-18-16/h7-10,17H,3-6,11-15H2,1-2H3. The number of nitrogens with zero attached hydrogens (tertiary/aromatic N) is 1. The van der Waals surface area contributed by atoms with E-state index >= 15 is 0 Å². The highest BCUT2D eigenvalue weighted by Crippen LogP contribution is 2.21. The third kappa shape index (κ3) is 9.12. The zero-order chi connectivity index (χ0) is 15.2. The molecule has 1 rings (SSSR count). The molecule has 0 aliphatic rings. The van der Waals surface area contributed by atoms with Gasteiger partial charge in [0, 0.05) is 30.9 Å². The maximum Gasteiger partial charge on any atom is 0.108 e. The van der Waals surface area contributed by atoms with Crippen LogP contribution in [-0.2, 0) is 9.47 Å². The van der Waals surface area contributed by atoms with Crippen molar-refractivity contribution in [3.8, 4) is 0 Å². The van der Waals surface area contributed by atoms with Gasteiger partial charge in [-0.15, -0.1) is 0 Å². The van der Waals surface area contributed by atoms with Crippen molar-refractivity contribution in [1.29, 1.82) is 0 Å². The number of aromatic nitrogens is 1. The van der Waals surface area contributed by atoms with Gasteiger partial charge in [-0.25, -0.2) is 0 Å². The molecule has 1 aromatic rings. The number of thioether (sulfide) groups is 1. The molecule has 120 valence electrons. The van der Waals surface area contributed by atoms with Gasteiger partial charge in [0.1, 0.15) is 6.10 Å². The summed E-state index contributed by atoms with van der Waals surface area (Å²) in [6.07, 6.45) is 6.55. The molecule has 0 radical (unpaired) electrons. The van der Waals surface area contributed by atoms with Crippen LogP contribution in [0.4, 0.5) is 0 Å². The highest BCUT2D eigenvalue weighted by Gasteiger charge is 2.13. The van der Waals surface area contributed by atoms with Crippen LogP contribution in [0.2, 0.25) is 0 Å². The molecule has 0 amide bonds. The number of ether oxygens (including phenoxy) is 2. The average molecular weight is 311 g/mol. The molecular formula is C17H29NO2S. The summed E-state index contributed by atoms with van der Waals surface area (Å²) in [5.74, 6) is 1.96. The quantitative estimate of drug-likeness (QED) is 0.502. The molecule has 21 heavy (non-hydrogen) atoms. The SMILES string of the molecule is CCCCOCCSCC(OCCCC)c1ccccn1. The van der Waals surface area contributed by atoms with E-state index in [1.807, 2.05) is 30.1 Å². The van der Waals surface area contributed by atoms with Gasteiger partial charge in [-0.1, -0.05) is 32.8 Å². The summed E-state index contributed by atoms with van der Waals surface area (Å²) < 4.78 is 11.6. The van der Waals surface area contributed by atoms with Crippen LogP contribution in [-0.4, -0.2) is 36.3 Å². The Labute approximate surface area is 133 Å². The molecule has 1 unspecified atom stereocenters. The molecule has 0 fully saturated rings. The van der Waals surface area contributed by atoms with Gasteiger partial charge >= 0.3 is 0 Å². The minimum atomic E-state index is 0.0957. The van der Waals surface area contributed by atoms with Gasteiger partial charge < -0.3 is 9.47 Å². The second kappa shape index (κ2) is 13.1. The van der Waals surface area contributed by atoms with Gasteiger partial charge in [0.25, 0.3) is 0 Å². The molecular weight excluding hydrogens is 282 g/mol. The Morgan fingerprint density at radius 1 is 1.10 bits per heavy atom. The van der Waals surface area contributed by atoms with Crippen molar-refractivity contribution in [2.75, 3.05) is 31.3 Å². The van der Waals surface area contributed by atoms with Crippen LogP contribution < -0.4 is 0 Å². The van der Waals surface area contributed by atoms with Gasteiger partial charge in [0.05, 0.1) is 12.3 Å². The summed E-state index contributed by atoms with van der Waals surface area (Å²) in [5, 5.41) is 0. The fraction of sp³-hybridized carbons (Fsp3) is 0.706. The number of rotatable bonds is 13. The average Bonchev–Trinajstić information content (AvgIpc) is 2.53. The summed E-state index contributed by atoms with van der Waals surface area (Å²) in [7, 11) is 0. The number of pyridine rings is 1. The van der Waals surface area contributed by atoms with Crippen molar-refractivity contribution in [2.24, 2.45) is 0 Å². The van der Waals surface area contributed by atoms with E-state index in [9.17, 15) is 0 Å². The number of hydrogen-bond acceptors (Lipinski definition) is 4. The first-order valence-corrected chi connectivity index (χ1v) is 9.22. The minimum Gasteiger partial charge on any atom is -0.381 e. The second-order valence-corrected chi connectivity index (χ2v) is 6.16. The molecule has 0 aliphatic heterocycles. The van der Waals surface area contributed by atoms with Gasteiger partial charge in [-0.3, -0.25) is 4.98 Å². The van der Waals surface area contributed by atoms with E-state index in [1.165, 1.54) is 6.42 Å². The van der Waals surface area contributed by atoms with Crippen LogP contribution >= 0.6 is 11.8 Å². The predicted octanol–water partition coefficient (Wildman–Crippen LogP) is 4.49. The smallest absolute Gasteiger partial charge is 0.108 e. The largest absolute Gasteiger partial charge is 0.381 e. The first-order chi connectivity index (χ1) is 10.4. The predicted molar refractivity (Wildman–Crippen MR) is 90.9 cm³/mol. The fourth-order valence-corrected chi connectivity index (χ4v) is 2.70. The molecule has 0 N–H and O–H groups in total. The molecule has 3 nitrogen and oxygen atoms in total. The van der Waals surface area contributed by atoms with E-state index in [1.54, 1.807) is 0 Å². The molecule has 1 aromatic heterocycles. The van der Waals surface area contributed by atoms with E-state index in [0.717, 1.165) is 56.3 Å². The maximum absolute atomic E-state index is 5.99. The van der Waals surface area contributed by atoms with Crippen LogP contribution in [0.25, 0.3) is 0 Å². The Balaban J connectivity index is 2.26. The molecule has 0 saturated heterocycles. The van der Waals surface area contributed by atoms with Crippen molar-refractivity contribution in [3.05, 3.63) is 30.1 Å². The van der Waals surface area contributed by atoms with Crippen LogP contribution in [0.1, 0.15) is 51.3 Å². The third-order valence-electron chi connectivity index (χ3n) is 3.12. The summed E-state index contributed by atoms with van der Waals surface area (Å²) in [6.45, 7) is 6.89. The van der Waals surface area contributed by atoms with Crippen LogP contribution in [0, 0.1) is 0 Å². The lowest BCUT2D eigenvalue weighted by Crippen LogP contribution is -2.11. The van der Waals surface area contributed by atoms with Gasteiger partial charge in [-0.2, -0.15) is 11.8 Å². The van der Waals surface area contributed by atoms with E-state index in [2.05, 4.69) is 24.9 Å². The molecule has 0 saturated carbocycles. The van der Waals surface area contributed by atoms with Crippen LogP contribution in [0.15, 0.2) is 24.4 Å². The summed E-state index contributed by atoms with van der Waals surface area (Å²) in [5.41, 5.74) is 1.04. The van der Waals surface area contributed by atoms with Crippen LogP contribution in [0.5, 0.6) is 0 Å². The van der Waals surface area contributed by atoms with E-state index < -0.39 is 0 Å². The first-order valence-electron chi connectivity index (χ1n) is 8.06. The third-order valence-corrected chi connectivity index (χ3v) is 4.11. The Morgan fingerprint density at radius 2 is 1.90 bits per heavy atom. The molecule has 0 spiro atoms. The Bertz CT molecular complexity index is 335. The van der Waals surface area contributed by atoms with Gasteiger partial charge in [0.2, 0.25) is 0 Å². The Kier molecular flexibility index (Phi) is 11.5. The molecule has 4 heteroatoms. The summed E-state index contributed by atoms with van der Waals surface area (Å²) in [6, 6.07) is 6.02. The van der Waals surface area contributed by atoms with E-state index in [0.29, 0.717) is 0 Å². The topological polar surface area (TPSA) is 31.4 Å². The van der Waals surface area contributed by atoms with Crippen molar-refractivity contribution < 1.29 is 9.47 Å². The maximum atomic E-state index is 5.99. The Morgan fingerprint density at radius 3 is 2.62 bits per heavy atom. The monoisotopic (exact) mass is 311 g/mol. The van der Waals surface area contributed by atoms with Gasteiger partial charge in [0.15, 0.2) is 0 Å². The zero-order valence-electron chi connectivity index (χ0n) is 13.4. The minimum absolute atomic E-state index is 0.0957. The summed E-state index contributed by atoms with van der Waals surface area (Å²) in [4.78, 5) is 4.43. The highest BCUT2D eigenvalue weighted by atomic mass is 32.2. The lowest BCUT2D eigenvalue weighted by molar-refractivity contribution is 0.0640. The zero-order valence-corrected chi connectivity index (χ0v) is 14.2. The normalized spacial score (nSPS) is 12.5.